The predicted molar refractivity (Wildman–Crippen MR) is 99.1 cm³/mol. The van der Waals surface area contributed by atoms with Crippen LogP contribution in [0.1, 0.15) is 44.9 Å². The number of hydrogen-bond acceptors (Lipinski definition) is 5. The van der Waals surface area contributed by atoms with Gasteiger partial charge >= 0.3 is 0 Å². The number of Topliss-reactive ketones (excluding diaryl/α,β-unsaturated/α-hetero) is 1. The van der Waals surface area contributed by atoms with E-state index < -0.39 is 0 Å². The van der Waals surface area contributed by atoms with Gasteiger partial charge in [0.1, 0.15) is 12.4 Å². The zero-order chi connectivity index (χ0) is 18.0. The van der Waals surface area contributed by atoms with E-state index in [0.717, 1.165) is 31.4 Å². The van der Waals surface area contributed by atoms with Crippen molar-refractivity contribution in [1.82, 2.24) is 0 Å². The number of aliphatic hydroxyl groups is 1. The van der Waals surface area contributed by atoms with Crippen molar-refractivity contribution in [2.24, 2.45) is 10.4 Å². The lowest BCUT2D eigenvalue weighted by atomic mass is 9.65. The van der Waals surface area contributed by atoms with E-state index in [4.69, 9.17) is 9.47 Å². The van der Waals surface area contributed by atoms with Crippen molar-refractivity contribution in [3.63, 3.8) is 0 Å². The molecule has 5 heteroatoms. The van der Waals surface area contributed by atoms with Gasteiger partial charge in [0.25, 0.3) is 0 Å². The molecule has 1 atom stereocenters. The summed E-state index contributed by atoms with van der Waals surface area (Å²) in [5.74, 6) is 1.69. The first-order chi connectivity index (χ1) is 12.7. The molecule has 1 aromatic carbocycles. The molecule has 26 heavy (non-hydrogen) atoms. The molecule has 1 spiro atoms. The van der Waals surface area contributed by atoms with Crippen molar-refractivity contribution in [3.8, 4) is 11.5 Å². The first-order valence-electron chi connectivity index (χ1n) is 9.49. The first-order valence-corrected chi connectivity index (χ1v) is 9.49. The minimum atomic E-state index is -0.188. The molecule has 0 saturated heterocycles. The van der Waals surface area contributed by atoms with Gasteiger partial charge in [-0.3, -0.25) is 9.79 Å². The number of carbonyl (C=O) groups excluding carboxylic acids is 1. The molecule has 3 aliphatic rings. The monoisotopic (exact) mass is 355 g/mol. The van der Waals surface area contributed by atoms with Gasteiger partial charge in [0.05, 0.1) is 12.1 Å². The molecule has 1 saturated carbocycles. The van der Waals surface area contributed by atoms with Gasteiger partial charge in [-0.2, -0.15) is 0 Å². The van der Waals surface area contributed by atoms with Crippen molar-refractivity contribution in [1.29, 1.82) is 0 Å². The summed E-state index contributed by atoms with van der Waals surface area (Å²) in [4.78, 5) is 16.9. The Hall–Kier alpha value is -2.30. The van der Waals surface area contributed by atoms with Crippen LogP contribution in [0.15, 0.2) is 40.6 Å². The molecule has 1 N–H and O–H groups in total. The van der Waals surface area contributed by atoms with Gasteiger partial charge in [0.2, 0.25) is 0 Å². The second-order valence-electron chi connectivity index (χ2n) is 7.69. The van der Waals surface area contributed by atoms with Crippen LogP contribution in [0.3, 0.4) is 0 Å². The lowest BCUT2D eigenvalue weighted by Gasteiger charge is -2.39. The average Bonchev–Trinajstić information content (AvgIpc) is 2.64. The maximum atomic E-state index is 12.6. The van der Waals surface area contributed by atoms with E-state index in [1.165, 1.54) is 12.6 Å². The third-order valence-electron chi connectivity index (χ3n) is 5.70. The molecule has 4 rings (SSSR count). The van der Waals surface area contributed by atoms with Crippen molar-refractivity contribution < 1.29 is 19.4 Å². The van der Waals surface area contributed by atoms with Crippen LogP contribution in [-0.2, 0) is 4.79 Å². The quantitative estimate of drug-likeness (QED) is 0.832. The average molecular weight is 355 g/mol. The van der Waals surface area contributed by atoms with Crippen LogP contribution in [0.2, 0.25) is 0 Å². The predicted octanol–water partition coefficient (Wildman–Crippen LogP) is 4.02. The molecule has 5 nitrogen and oxygen atoms in total. The Labute approximate surface area is 153 Å². The number of allylic oxidation sites excluding steroid dienone is 2. The zero-order valence-electron chi connectivity index (χ0n) is 14.9. The third kappa shape index (κ3) is 3.48. The Balaban J connectivity index is 1.39. The number of benzene rings is 1. The van der Waals surface area contributed by atoms with Gasteiger partial charge in [-0.15, -0.1) is 0 Å². The normalized spacial score (nSPS) is 25.1. The van der Waals surface area contributed by atoms with Crippen LogP contribution >= 0.6 is 0 Å². The summed E-state index contributed by atoms with van der Waals surface area (Å²) in [7, 11) is 0. The summed E-state index contributed by atoms with van der Waals surface area (Å²) in [5, 5.41) is 10.4. The van der Waals surface area contributed by atoms with Crippen LogP contribution in [0.4, 0.5) is 0 Å². The fraction of sp³-hybridized carbons (Fsp3) is 0.524. The number of ketones is 1. The van der Waals surface area contributed by atoms with E-state index in [0.29, 0.717) is 37.3 Å². The largest absolute Gasteiger partial charge is 0.511 e. The van der Waals surface area contributed by atoms with Gasteiger partial charge in [-0.25, -0.2) is 0 Å². The van der Waals surface area contributed by atoms with E-state index in [1.54, 1.807) is 0 Å². The molecule has 1 aromatic rings. The summed E-state index contributed by atoms with van der Waals surface area (Å²) in [5.41, 5.74) is 0.360. The zero-order valence-corrected chi connectivity index (χ0v) is 14.9. The molecule has 0 aromatic heterocycles. The molecule has 2 aliphatic carbocycles. The van der Waals surface area contributed by atoms with Crippen molar-refractivity contribution >= 4 is 12.0 Å². The van der Waals surface area contributed by atoms with E-state index >= 15 is 0 Å². The molecule has 0 bridgehead atoms. The highest BCUT2D eigenvalue weighted by atomic mass is 16.6. The number of hydrogen-bond donors (Lipinski definition) is 1. The molecular weight excluding hydrogens is 330 g/mol. The lowest BCUT2D eigenvalue weighted by molar-refractivity contribution is -0.119. The minimum absolute atomic E-state index is 0.0131. The van der Waals surface area contributed by atoms with Crippen LogP contribution in [0.5, 0.6) is 11.5 Å². The standard InChI is InChI=1S/C21H25NO4/c23-17-10-21(8-4-1-5-9-21)11-18(24)16(17)13-22-12-15-14-25-19-6-2-3-7-20(19)26-15/h2-3,6-7,13,15,23H,1,4-5,8-12,14H2/t15-/m0/s1. The molecule has 0 amide bonds. The van der Waals surface area contributed by atoms with Crippen molar-refractivity contribution in [2.45, 2.75) is 51.0 Å². The lowest BCUT2D eigenvalue weighted by Crippen LogP contribution is -2.34. The number of ether oxygens (including phenoxy) is 2. The van der Waals surface area contributed by atoms with Crippen LogP contribution < -0.4 is 9.47 Å². The molecule has 0 radical (unpaired) electrons. The summed E-state index contributed by atoms with van der Waals surface area (Å²) in [6.45, 7) is 0.819. The Morgan fingerprint density at radius 2 is 1.92 bits per heavy atom. The van der Waals surface area contributed by atoms with E-state index in [2.05, 4.69) is 4.99 Å². The summed E-state index contributed by atoms with van der Waals surface area (Å²) in [6.07, 6.45) is 8.12. The highest BCUT2D eigenvalue weighted by molar-refractivity contribution is 6.14. The number of rotatable bonds is 3. The Bertz CT molecular complexity index is 746. The van der Waals surface area contributed by atoms with Gasteiger partial charge < -0.3 is 14.6 Å². The maximum absolute atomic E-state index is 12.6. The van der Waals surface area contributed by atoms with Crippen LogP contribution in [-0.4, -0.2) is 36.4 Å². The highest BCUT2D eigenvalue weighted by Crippen LogP contribution is 2.47. The van der Waals surface area contributed by atoms with E-state index in [9.17, 15) is 9.90 Å². The van der Waals surface area contributed by atoms with Gasteiger partial charge in [-0.1, -0.05) is 31.4 Å². The van der Waals surface area contributed by atoms with Gasteiger partial charge in [-0.05, 0) is 30.4 Å². The number of para-hydroxylation sites is 2. The summed E-state index contributed by atoms with van der Waals surface area (Å²) >= 11 is 0. The summed E-state index contributed by atoms with van der Waals surface area (Å²) < 4.78 is 11.5. The van der Waals surface area contributed by atoms with Crippen LogP contribution in [0.25, 0.3) is 0 Å². The smallest absolute Gasteiger partial charge is 0.168 e. The number of carbonyl (C=O) groups is 1. The molecular formula is C21H25NO4. The SMILES string of the molecule is O=C1CC2(CCCCC2)CC(O)=C1C=NC[C@H]1COc2ccccc2O1. The number of aliphatic imine (C=N–C) groups is 1. The van der Waals surface area contributed by atoms with Crippen LogP contribution in [0, 0.1) is 5.41 Å². The molecule has 0 unspecified atom stereocenters. The number of fused-ring (bicyclic) bond motifs is 1. The second kappa shape index (κ2) is 7.14. The van der Waals surface area contributed by atoms with E-state index in [1.807, 2.05) is 24.3 Å². The molecule has 138 valence electrons. The van der Waals surface area contributed by atoms with E-state index in [-0.39, 0.29) is 23.1 Å². The topological polar surface area (TPSA) is 68.1 Å². The molecule has 1 aliphatic heterocycles. The third-order valence-corrected chi connectivity index (χ3v) is 5.70. The molecule has 1 heterocycles. The number of nitrogens with zero attached hydrogens (tertiary/aromatic N) is 1. The van der Waals surface area contributed by atoms with Crippen molar-refractivity contribution in [3.05, 3.63) is 35.6 Å². The fourth-order valence-corrected chi connectivity index (χ4v) is 4.33. The second-order valence-corrected chi connectivity index (χ2v) is 7.69. The van der Waals surface area contributed by atoms with Crippen molar-refractivity contribution in [2.75, 3.05) is 13.2 Å². The fourth-order valence-electron chi connectivity index (χ4n) is 4.33. The minimum Gasteiger partial charge on any atom is -0.511 e. The Morgan fingerprint density at radius 1 is 1.15 bits per heavy atom. The molecule has 1 fully saturated rings. The Kier molecular flexibility index (Phi) is 4.70. The highest BCUT2D eigenvalue weighted by Gasteiger charge is 2.40. The van der Waals surface area contributed by atoms with Gasteiger partial charge in [0, 0.05) is 19.1 Å². The van der Waals surface area contributed by atoms with Gasteiger partial charge in [0.15, 0.2) is 23.4 Å². The maximum Gasteiger partial charge on any atom is 0.168 e. The Morgan fingerprint density at radius 3 is 2.69 bits per heavy atom. The first kappa shape index (κ1) is 17.1. The number of aliphatic hydroxyl groups excluding tert-OH is 1. The summed E-state index contributed by atoms with van der Waals surface area (Å²) in [6, 6.07) is 7.55.